The van der Waals surface area contributed by atoms with Crippen LogP contribution in [-0.2, 0) is 28.5 Å². The number of amides is 3. The molecular weight excluding hydrogens is 812 g/mol. The van der Waals surface area contributed by atoms with Gasteiger partial charge in [0.05, 0.1) is 22.3 Å². The second-order valence-corrected chi connectivity index (χ2v) is 17.9. The van der Waals surface area contributed by atoms with Gasteiger partial charge in [-0.05, 0) is 99.6 Å². The lowest BCUT2D eigenvalue weighted by molar-refractivity contribution is -0.135. The van der Waals surface area contributed by atoms with E-state index in [0.29, 0.717) is 24.0 Å². The number of fused-ring (bicyclic) bond motifs is 4. The molecule has 0 unspecified atom stereocenters. The molecule has 14 nitrogen and oxygen atoms in total. The minimum Gasteiger partial charge on any atom is -0.503 e. The molecule has 1 atom stereocenters. The minimum absolute atomic E-state index is 0.0864. The summed E-state index contributed by atoms with van der Waals surface area (Å²) in [7, 11) is 1.71. The van der Waals surface area contributed by atoms with Crippen LogP contribution in [0.1, 0.15) is 85.4 Å². The van der Waals surface area contributed by atoms with Gasteiger partial charge in [0, 0.05) is 63.2 Å². The summed E-state index contributed by atoms with van der Waals surface area (Å²) in [5, 5.41) is 17.3. The number of aryl methyl sites for hydroxylation is 2. The zero-order chi connectivity index (χ0) is 42.6. The van der Waals surface area contributed by atoms with E-state index in [-0.39, 0.29) is 35.4 Å². The molecule has 18 heteroatoms. The number of nitrogens with zero attached hydrogens (tertiary/aromatic N) is 7. The third-order valence-electron chi connectivity index (χ3n) is 13.6. The van der Waals surface area contributed by atoms with Gasteiger partial charge in [0.1, 0.15) is 16.7 Å². The number of aromatic hydroxyl groups is 1. The molecule has 3 N–H and O–H groups in total. The predicted octanol–water partition coefficient (Wildman–Crippen LogP) is 5.13. The maximum atomic E-state index is 14.3. The van der Waals surface area contributed by atoms with Crippen molar-refractivity contribution in [1.29, 1.82) is 0 Å². The van der Waals surface area contributed by atoms with E-state index < -0.39 is 46.6 Å². The normalized spacial score (nSPS) is 23.1. The summed E-state index contributed by atoms with van der Waals surface area (Å²) in [4.78, 5) is 69.4. The molecular formula is C43H46F3N9O5S. The third-order valence-corrected chi connectivity index (χ3v) is 14.4. The van der Waals surface area contributed by atoms with Crippen molar-refractivity contribution < 1.29 is 32.7 Å². The van der Waals surface area contributed by atoms with Crippen molar-refractivity contribution in [3.05, 3.63) is 86.7 Å². The zero-order valence-electron chi connectivity index (χ0n) is 33.7. The number of nitrogens with one attached hydrogen (secondary N) is 2. The Morgan fingerprint density at radius 3 is 2.46 bits per heavy atom. The van der Waals surface area contributed by atoms with E-state index in [1.165, 1.54) is 4.57 Å². The number of hydrogen-bond donors (Lipinski definition) is 3. The van der Waals surface area contributed by atoms with Gasteiger partial charge in [-0.15, -0.1) is 11.3 Å². The number of carbonyl (C=O) groups is 3. The van der Waals surface area contributed by atoms with Crippen molar-refractivity contribution in [2.24, 2.45) is 12.5 Å². The first-order valence-electron chi connectivity index (χ1n) is 20.8. The molecule has 3 aromatic heterocycles. The van der Waals surface area contributed by atoms with Gasteiger partial charge in [-0.3, -0.25) is 33.7 Å². The standard InChI is InChI=1S/C43H46F3N9O5S/c1-52-31-21-25(4-5-29(31)55(41(52)60)30-6-7-33(56)51-38(30)59)3-2-16-53-17-19-54(20-18-53)40-47-15-8-28(49-40)39-50-32(23-61-39)43-12-9-42(10-13-43,11-14-43)24-48-37(58)26-22-27(44)36(57)35(46)34(26)45/h4-5,8,15,21-23,30,57H,2-3,6-7,9-14,16-20,24H2,1H3,(H,48,58)(H,51,56,59)/t30-,42?,43?/m1/s1. The maximum Gasteiger partial charge on any atom is 0.329 e. The highest BCUT2D eigenvalue weighted by Gasteiger charge is 2.50. The monoisotopic (exact) mass is 857 g/mol. The first-order valence-corrected chi connectivity index (χ1v) is 21.7. The Bertz CT molecular complexity index is 2590. The van der Waals surface area contributed by atoms with Crippen LogP contribution in [0.15, 0.2) is 46.7 Å². The molecule has 3 amide bonds. The Morgan fingerprint density at radius 1 is 0.967 bits per heavy atom. The fraction of sp³-hybridized carbons (Fsp3) is 0.465. The molecule has 5 aromatic rings. The topological polar surface area (TPSA) is 168 Å². The molecule has 5 fully saturated rings. The molecule has 5 heterocycles. The first kappa shape index (κ1) is 40.8. The highest BCUT2D eigenvalue weighted by Crippen LogP contribution is 2.57. The number of aromatic nitrogens is 5. The summed E-state index contributed by atoms with van der Waals surface area (Å²) in [5.41, 5.74) is 3.07. The number of rotatable bonds is 11. The number of benzene rings is 2. The highest BCUT2D eigenvalue weighted by molar-refractivity contribution is 7.13. The predicted molar refractivity (Wildman–Crippen MR) is 221 cm³/mol. The number of imidazole rings is 1. The van der Waals surface area contributed by atoms with Crippen LogP contribution in [0.2, 0.25) is 0 Å². The lowest BCUT2D eigenvalue weighted by atomic mass is 9.53. The third kappa shape index (κ3) is 7.57. The molecule has 3 aliphatic carbocycles. The van der Waals surface area contributed by atoms with Crippen LogP contribution >= 0.6 is 11.3 Å². The number of phenols is 1. The number of piperidine rings is 1. The van der Waals surface area contributed by atoms with Crippen LogP contribution < -0.4 is 21.2 Å². The summed E-state index contributed by atoms with van der Waals surface area (Å²) in [6.07, 6.45) is 9.17. The summed E-state index contributed by atoms with van der Waals surface area (Å²) in [6.45, 7) is 4.50. The SMILES string of the molecule is Cn1c(=O)n([C@@H]2CCC(=O)NC2=O)c2ccc(CCCN3CCN(c4nccc(-c5nc(C67CCC(CNC(=O)c8cc(F)c(O)c(F)c8F)(CC6)CC7)cs5)n4)CC3)cc21. The molecule has 2 bridgehead atoms. The van der Waals surface area contributed by atoms with Crippen molar-refractivity contribution in [1.82, 2.24) is 39.6 Å². The molecule has 320 valence electrons. The van der Waals surface area contributed by atoms with E-state index in [4.69, 9.17) is 9.97 Å². The molecule has 2 aromatic carbocycles. The van der Waals surface area contributed by atoms with Crippen molar-refractivity contribution >= 4 is 46.0 Å². The minimum atomic E-state index is -1.78. The van der Waals surface area contributed by atoms with E-state index in [1.807, 2.05) is 24.3 Å². The Balaban J connectivity index is 0.763. The lowest BCUT2D eigenvalue weighted by Gasteiger charge is -2.53. The quantitative estimate of drug-likeness (QED) is 0.120. The van der Waals surface area contributed by atoms with Crippen LogP contribution in [0.3, 0.4) is 0 Å². The molecule has 10 rings (SSSR count). The van der Waals surface area contributed by atoms with Crippen molar-refractivity contribution in [2.75, 3.05) is 44.2 Å². The Kier molecular flexibility index (Phi) is 10.7. The second-order valence-electron chi connectivity index (χ2n) is 17.1. The molecule has 2 aliphatic heterocycles. The second kappa shape index (κ2) is 16.0. The number of piperazine rings is 1. The van der Waals surface area contributed by atoms with E-state index in [1.54, 1.807) is 29.1 Å². The van der Waals surface area contributed by atoms with Gasteiger partial charge in [-0.1, -0.05) is 6.07 Å². The van der Waals surface area contributed by atoms with Crippen LogP contribution in [0, 0.1) is 22.9 Å². The van der Waals surface area contributed by atoms with Gasteiger partial charge in [0.2, 0.25) is 23.6 Å². The number of anilines is 1. The van der Waals surface area contributed by atoms with Gasteiger partial charge in [0.15, 0.2) is 17.4 Å². The number of carbonyl (C=O) groups excluding carboxylic acids is 3. The summed E-state index contributed by atoms with van der Waals surface area (Å²) >= 11 is 1.57. The Hall–Kier alpha value is -5.62. The smallest absolute Gasteiger partial charge is 0.329 e. The zero-order valence-corrected chi connectivity index (χ0v) is 34.5. The van der Waals surface area contributed by atoms with Gasteiger partial charge in [-0.2, -0.15) is 4.39 Å². The summed E-state index contributed by atoms with van der Waals surface area (Å²) in [6, 6.07) is 7.65. The number of hydrogen-bond acceptors (Lipinski definition) is 11. The molecule has 5 aliphatic rings. The molecule has 61 heavy (non-hydrogen) atoms. The van der Waals surface area contributed by atoms with E-state index >= 15 is 0 Å². The van der Waals surface area contributed by atoms with Gasteiger partial charge < -0.3 is 15.3 Å². The largest absolute Gasteiger partial charge is 0.503 e. The van der Waals surface area contributed by atoms with E-state index in [0.717, 1.165) is 112 Å². The first-order chi connectivity index (χ1) is 29.3. The maximum absolute atomic E-state index is 14.3. The molecule has 0 radical (unpaired) electrons. The van der Waals surface area contributed by atoms with Crippen molar-refractivity contribution in [3.63, 3.8) is 0 Å². The lowest BCUT2D eigenvalue weighted by Crippen LogP contribution is -2.49. The van der Waals surface area contributed by atoms with Crippen molar-refractivity contribution in [3.8, 4) is 16.5 Å². The van der Waals surface area contributed by atoms with E-state index in [9.17, 15) is 37.5 Å². The van der Waals surface area contributed by atoms with Crippen molar-refractivity contribution in [2.45, 2.75) is 75.7 Å². The van der Waals surface area contributed by atoms with Crippen LogP contribution in [0.25, 0.3) is 21.7 Å². The highest BCUT2D eigenvalue weighted by atomic mass is 32.1. The number of thiazole rings is 1. The molecule has 0 spiro atoms. The molecule has 3 saturated carbocycles. The fourth-order valence-corrected chi connectivity index (χ4v) is 10.7. The Morgan fingerprint density at radius 2 is 1.72 bits per heavy atom. The van der Waals surface area contributed by atoms with E-state index in [2.05, 4.69) is 30.8 Å². The number of phenolic OH excluding ortho intramolecular Hbond substituents is 1. The van der Waals surface area contributed by atoms with Gasteiger partial charge in [0.25, 0.3) is 5.91 Å². The van der Waals surface area contributed by atoms with Crippen LogP contribution in [0.4, 0.5) is 19.1 Å². The van der Waals surface area contributed by atoms with Gasteiger partial charge >= 0.3 is 5.69 Å². The van der Waals surface area contributed by atoms with Crippen LogP contribution in [0.5, 0.6) is 5.75 Å². The number of halogens is 3. The summed E-state index contributed by atoms with van der Waals surface area (Å²) in [5.74, 6) is -7.18. The molecule has 2 saturated heterocycles. The number of imide groups is 1. The fourth-order valence-electron chi connectivity index (χ4n) is 9.75. The Labute approximate surface area is 352 Å². The van der Waals surface area contributed by atoms with Crippen LogP contribution in [-0.4, -0.2) is 91.1 Å². The summed E-state index contributed by atoms with van der Waals surface area (Å²) < 4.78 is 45.1. The average Bonchev–Trinajstić information content (AvgIpc) is 3.88. The van der Waals surface area contributed by atoms with Gasteiger partial charge in [-0.25, -0.2) is 28.5 Å². The average molecular weight is 858 g/mol.